The lowest BCUT2D eigenvalue weighted by molar-refractivity contribution is 0.0211. The number of ether oxygens (including phenoxy) is 3. The Hall–Kier alpha value is -2.69. The van der Waals surface area contributed by atoms with Gasteiger partial charge in [0.15, 0.2) is 0 Å². The number of rotatable bonds is 7. The molecule has 2 aromatic carbocycles. The highest BCUT2D eigenvalue weighted by Gasteiger charge is 2.19. The Kier molecular flexibility index (Phi) is 6.58. The molecule has 0 amide bonds. The van der Waals surface area contributed by atoms with Crippen molar-refractivity contribution in [2.75, 3.05) is 18.9 Å². The predicted octanol–water partition coefficient (Wildman–Crippen LogP) is 4.52. The molecule has 0 atom stereocenters. The van der Waals surface area contributed by atoms with Gasteiger partial charge in [0, 0.05) is 0 Å². The smallest absolute Gasteiger partial charge is 0.338 e. The summed E-state index contributed by atoms with van der Waals surface area (Å²) in [5, 5.41) is 0. The van der Waals surface area contributed by atoms with Gasteiger partial charge in [-0.15, -0.1) is 0 Å². The van der Waals surface area contributed by atoms with Crippen LogP contribution in [0.15, 0.2) is 42.5 Å². The van der Waals surface area contributed by atoms with Crippen LogP contribution in [0.5, 0.6) is 11.5 Å². The molecule has 0 bridgehead atoms. The first-order valence-electron chi connectivity index (χ1n) is 9.54. The molecule has 0 aliphatic heterocycles. The van der Waals surface area contributed by atoms with Crippen molar-refractivity contribution < 1.29 is 19.0 Å². The lowest BCUT2D eigenvalue weighted by Gasteiger charge is -2.22. The number of nitrogens with two attached hydrogens (primary N) is 1. The van der Waals surface area contributed by atoms with Gasteiger partial charge in [-0.3, -0.25) is 0 Å². The van der Waals surface area contributed by atoms with Crippen molar-refractivity contribution in [3.8, 4) is 11.5 Å². The van der Waals surface area contributed by atoms with E-state index in [1.54, 1.807) is 18.2 Å². The number of carbonyl (C=O) groups excluding carboxylic acids is 1. The molecule has 1 saturated carbocycles. The first-order chi connectivity index (χ1) is 13.1. The van der Waals surface area contributed by atoms with Gasteiger partial charge in [-0.25, -0.2) is 4.79 Å². The number of aryl methyl sites for hydroxylation is 1. The van der Waals surface area contributed by atoms with Gasteiger partial charge >= 0.3 is 5.97 Å². The van der Waals surface area contributed by atoms with E-state index in [0.717, 1.165) is 37.0 Å². The quantitative estimate of drug-likeness (QED) is 0.441. The minimum Gasteiger partial charge on any atom is -0.490 e. The summed E-state index contributed by atoms with van der Waals surface area (Å²) < 4.78 is 17.0. The maximum atomic E-state index is 12.4. The second-order valence-electron chi connectivity index (χ2n) is 6.93. The molecule has 27 heavy (non-hydrogen) atoms. The van der Waals surface area contributed by atoms with Crippen molar-refractivity contribution in [2.45, 2.75) is 45.1 Å². The van der Waals surface area contributed by atoms with Crippen molar-refractivity contribution in [1.29, 1.82) is 0 Å². The van der Waals surface area contributed by atoms with Crippen LogP contribution in [-0.2, 0) is 4.74 Å². The van der Waals surface area contributed by atoms with E-state index in [0.29, 0.717) is 30.2 Å². The average molecular weight is 369 g/mol. The van der Waals surface area contributed by atoms with Crippen molar-refractivity contribution in [3.63, 3.8) is 0 Å². The monoisotopic (exact) mass is 369 g/mol. The van der Waals surface area contributed by atoms with Crippen LogP contribution >= 0.6 is 0 Å². The summed E-state index contributed by atoms with van der Waals surface area (Å²) in [6.45, 7) is 2.74. The van der Waals surface area contributed by atoms with Gasteiger partial charge in [0.2, 0.25) is 0 Å². The van der Waals surface area contributed by atoms with Crippen molar-refractivity contribution in [2.24, 2.45) is 0 Å². The van der Waals surface area contributed by atoms with Crippen LogP contribution in [0.3, 0.4) is 0 Å². The van der Waals surface area contributed by atoms with Crippen molar-refractivity contribution in [1.82, 2.24) is 0 Å². The molecular weight excluding hydrogens is 342 g/mol. The highest BCUT2D eigenvalue weighted by Crippen LogP contribution is 2.25. The van der Waals surface area contributed by atoms with Gasteiger partial charge in [-0.05, 0) is 68.5 Å². The maximum Gasteiger partial charge on any atom is 0.338 e. The number of anilines is 1. The topological polar surface area (TPSA) is 70.8 Å². The molecule has 2 aromatic rings. The molecule has 144 valence electrons. The molecule has 0 aromatic heterocycles. The summed E-state index contributed by atoms with van der Waals surface area (Å²) in [5.41, 5.74) is 8.06. The van der Waals surface area contributed by atoms with E-state index in [2.05, 4.69) is 0 Å². The highest BCUT2D eigenvalue weighted by atomic mass is 16.5. The molecule has 1 fully saturated rings. The molecule has 5 nitrogen and oxygen atoms in total. The zero-order valence-corrected chi connectivity index (χ0v) is 15.8. The number of hydrogen-bond donors (Lipinski definition) is 1. The third kappa shape index (κ3) is 5.64. The Morgan fingerprint density at radius 2 is 1.81 bits per heavy atom. The van der Waals surface area contributed by atoms with Gasteiger partial charge in [0.1, 0.15) is 30.8 Å². The van der Waals surface area contributed by atoms with Crippen LogP contribution in [0, 0.1) is 6.92 Å². The zero-order chi connectivity index (χ0) is 19.1. The Bertz CT molecular complexity index is 769. The molecule has 0 spiro atoms. The fourth-order valence-electron chi connectivity index (χ4n) is 3.21. The fraction of sp³-hybridized carbons (Fsp3) is 0.409. The van der Waals surface area contributed by atoms with Crippen molar-refractivity contribution >= 4 is 11.7 Å². The normalized spacial score (nSPS) is 14.6. The second kappa shape index (κ2) is 9.31. The van der Waals surface area contributed by atoms with E-state index < -0.39 is 0 Å². The summed E-state index contributed by atoms with van der Waals surface area (Å²) in [5.74, 6) is 0.958. The van der Waals surface area contributed by atoms with E-state index in [-0.39, 0.29) is 12.1 Å². The first-order valence-corrected chi connectivity index (χ1v) is 9.54. The van der Waals surface area contributed by atoms with Gasteiger partial charge in [-0.1, -0.05) is 18.6 Å². The lowest BCUT2D eigenvalue weighted by atomic mass is 9.98. The van der Waals surface area contributed by atoms with Crippen LogP contribution < -0.4 is 15.2 Å². The molecule has 2 N–H and O–H groups in total. The molecule has 5 heteroatoms. The second-order valence-corrected chi connectivity index (χ2v) is 6.93. The number of esters is 1. The Morgan fingerprint density at radius 1 is 1.04 bits per heavy atom. The van der Waals surface area contributed by atoms with Crippen LogP contribution in [0.2, 0.25) is 0 Å². The number of carbonyl (C=O) groups is 1. The van der Waals surface area contributed by atoms with E-state index in [1.165, 1.54) is 6.42 Å². The highest BCUT2D eigenvalue weighted by molar-refractivity contribution is 5.90. The van der Waals surface area contributed by atoms with E-state index in [1.807, 2.05) is 31.2 Å². The zero-order valence-electron chi connectivity index (χ0n) is 15.8. The van der Waals surface area contributed by atoms with Crippen LogP contribution in [-0.4, -0.2) is 25.3 Å². The SMILES string of the molecule is Cc1cccc(OCCOc2cc(C(=O)OC3CCCCC3)ccc2N)c1. The largest absolute Gasteiger partial charge is 0.490 e. The van der Waals surface area contributed by atoms with Gasteiger partial charge in [-0.2, -0.15) is 0 Å². The molecule has 0 radical (unpaired) electrons. The third-order valence-electron chi connectivity index (χ3n) is 4.67. The summed E-state index contributed by atoms with van der Waals surface area (Å²) in [6, 6.07) is 12.8. The molecular formula is C22H27NO4. The average Bonchev–Trinajstić information content (AvgIpc) is 2.67. The molecule has 0 unspecified atom stereocenters. The van der Waals surface area contributed by atoms with Crippen LogP contribution in [0.1, 0.15) is 48.0 Å². The minimum absolute atomic E-state index is 0.0240. The molecule has 0 heterocycles. The van der Waals surface area contributed by atoms with E-state index in [4.69, 9.17) is 19.9 Å². The number of hydrogen-bond acceptors (Lipinski definition) is 5. The fourth-order valence-corrected chi connectivity index (χ4v) is 3.21. The summed E-state index contributed by atoms with van der Waals surface area (Å²) in [6.07, 6.45) is 5.37. The third-order valence-corrected chi connectivity index (χ3v) is 4.67. The summed E-state index contributed by atoms with van der Waals surface area (Å²) in [7, 11) is 0. The summed E-state index contributed by atoms with van der Waals surface area (Å²) >= 11 is 0. The van der Waals surface area contributed by atoms with Gasteiger partial charge in [0.05, 0.1) is 11.3 Å². The molecule has 1 aliphatic carbocycles. The Balaban J connectivity index is 1.52. The molecule has 1 aliphatic rings. The van der Waals surface area contributed by atoms with Gasteiger partial charge in [0.25, 0.3) is 0 Å². The van der Waals surface area contributed by atoms with Gasteiger partial charge < -0.3 is 19.9 Å². The number of benzene rings is 2. The Labute approximate surface area is 160 Å². The predicted molar refractivity (Wildman–Crippen MR) is 105 cm³/mol. The van der Waals surface area contributed by atoms with Crippen LogP contribution in [0.25, 0.3) is 0 Å². The molecule has 0 saturated heterocycles. The van der Waals surface area contributed by atoms with Crippen molar-refractivity contribution in [3.05, 3.63) is 53.6 Å². The van der Waals surface area contributed by atoms with E-state index in [9.17, 15) is 4.79 Å². The number of nitrogen functional groups attached to an aromatic ring is 1. The Morgan fingerprint density at radius 3 is 2.59 bits per heavy atom. The maximum absolute atomic E-state index is 12.4. The van der Waals surface area contributed by atoms with Crippen LogP contribution in [0.4, 0.5) is 5.69 Å². The minimum atomic E-state index is -0.317. The van der Waals surface area contributed by atoms with E-state index >= 15 is 0 Å². The lowest BCUT2D eigenvalue weighted by Crippen LogP contribution is -2.21. The first kappa shape index (κ1) is 19.1. The molecule has 3 rings (SSSR count). The standard InChI is InChI=1S/C22H27NO4/c1-16-6-5-9-19(14-16)25-12-13-26-21-15-17(10-11-20(21)23)22(24)27-18-7-3-2-4-8-18/h5-6,9-11,14-15,18H,2-4,7-8,12-13,23H2,1H3. The summed E-state index contributed by atoms with van der Waals surface area (Å²) in [4.78, 5) is 12.4.